The summed E-state index contributed by atoms with van der Waals surface area (Å²) in [5.74, 6) is 0.443. The second-order valence-corrected chi connectivity index (χ2v) is 7.71. The fourth-order valence-electron chi connectivity index (χ4n) is 2.35. The number of hydrogen-bond acceptors (Lipinski definition) is 3. The number of piperidine rings is 1. The second kappa shape index (κ2) is 6.45. The van der Waals surface area contributed by atoms with Crippen LogP contribution in [0.4, 0.5) is 0 Å². The van der Waals surface area contributed by atoms with E-state index < -0.39 is 10.0 Å². The molecule has 0 saturated carbocycles. The van der Waals surface area contributed by atoms with E-state index in [2.05, 4.69) is 15.9 Å². The van der Waals surface area contributed by atoms with E-state index in [0.717, 1.165) is 29.3 Å². The molecule has 0 aliphatic carbocycles. The van der Waals surface area contributed by atoms with Crippen molar-refractivity contribution in [2.45, 2.75) is 38.0 Å². The van der Waals surface area contributed by atoms with Crippen molar-refractivity contribution in [3.05, 3.63) is 22.2 Å². The number of hydrogen-bond donors (Lipinski definition) is 0. The van der Waals surface area contributed by atoms with E-state index in [-0.39, 0.29) is 4.90 Å². The lowest BCUT2D eigenvalue weighted by Crippen LogP contribution is -2.35. The van der Waals surface area contributed by atoms with Crippen molar-refractivity contribution in [1.29, 1.82) is 0 Å². The van der Waals surface area contributed by atoms with Crippen LogP contribution in [-0.2, 0) is 10.0 Å². The first-order chi connectivity index (χ1) is 9.46. The predicted molar refractivity (Wildman–Crippen MR) is 82.7 cm³/mol. The van der Waals surface area contributed by atoms with E-state index in [4.69, 9.17) is 4.74 Å². The van der Waals surface area contributed by atoms with Crippen LogP contribution in [0.3, 0.4) is 0 Å². The molecule has 0 amide bonds. The molecule has 1 saturated heterocycles. The average Bonchev–Trinajstić information content (AvgIpc) is 2.43. The van der Waals surface area contributed by atoms with Gasteiger partial charge < -0.3 is 4.74 Å². The van der Waals surface area contributed by atoms with Gasteiger partial charge in [-0.15, -0.1) is 0 Å². The molecule has 1 aromatic rings. The Morgan fingerprint density at radius 1 is 1.25 bits per heavy atom. The molecule has 2 rings (SSSR count). The van der Waals surface area contributed by atoms with E-state index in [1.807, 2.05) is 13.8 Å². The number of halogens is 1. The quantitative estimate of drug-likeness (QED) is 0.826. The molecule has 0 radical (unpaired) electrons. The number of aryl methyl sites for hydroxylation is 1. The maximum Gasteiger partial charge on any atom is 0.246 e. The zero-order valence-electron chi connectivity index (χ0n) is 11.9. The van der Waals surface area contributed by atoms with Gasteiger partial charge in [0.25, 0.3) is 0 Å². The van der Waals surface area contributed by atoms with Crippen LogP contribution in [-0.4, -0.2) is 32.4 Å². The maximum absolute atomic E-state index is 12.8. The van der Waals surface area contributed by atoms with Crippen LogP contribution in [0.1, 0.15) is 31.7 Å². The van der Waals surface area contributed by atoms with Crippen molar-refractivity contribution in [1.82, 2.24) is 4.31 Å². The Morgan fingerprint density at radius 2 is 1.90 bits per heavy atom. The lowest BCUT2D eigenvalue weighted by Gasteiger charge is -2.27. The van der Waals surface area contributed by atoms with Crippen LogP contribution in [0.25, 0.3) is 0 Å². The first-order valence-electron chi connectivity index (χ1n) is 6.90. The molecule has 0 spiro atoms. The fraction of sp³-hybridized carbons (Fsp3) is 0.571. The highest BCUT2D eigenvalue weighted by molar-refractivity contribution is 9.10. The van der Waals surface area contributed by atoms with Gasteiger partial charge in [-0.05, 0) is 44.4 Å². The summed E-state index contributed by atoms with van der Waals surface area (Å²) >= 11 is 3.41. The molecular weight excluding hydrogens is 342 g/mol. The molecule has 0 bridgehead atoms. The third-order valence-electron chi connectivity index (χ3n) is 3.46. The summed E-state index contributed by atoms with van der Waals surface area (Å²) in [4.78, 5) is 0.263. The fourth-order valence-corrected chi connectivity index (χ4v) is 4.50. The highest BCUT2D eigenvalue weighted by atomic mass is 79.9. The van der Waals surface area contributed by atoms with Crippen molar-refractivity contribution in [3.63, 3.8) is 0 Å². The van der Waals surface area contributed by atoms with Gasteiger partial charge in [0.2, 0.25) is 10.0 Å². The normalized spacial score (nSPS) is 17.1. The molecule has 1 aliphatic heterocycles. The summed E-state index contributed by atoms with van der Waals surface area (Å²) in [6.45, 7) is 5.42. The summed E-state index contributed by atoms with van der Waals surface area (Å²) in [6.07, 6.45) is 2.95. The van der Waals surface area contributed by atoms with Crippen molar-refractivity contribution < 1.29 is 13.2 Å². The molecule has 1 fully saturated rings. The molecule has 4 nitrogen and oxygen atoms in total. The smallest absolute Gasteiger partial charge is 0.246 e. The zero-order chi connectivity index (χ0) is 14.8. The Balaban J connectivity index is 2.46. The first-order valence-corrected chi connectivity index (χ1v) is 9.13. The number of benzene rings is 1. The van der Waals surface area contributed by atoms with E-state index in [0.29, 0.717) is 25.4 Å². The average molecular weight is 362 g/mol. The Kier molecular flexibility index (Phi) is 5.09. The Hall–Kier alpha value is -0.590. The van der Waals surface area contributed by atoms with Gasteiger partial charge in [-0.2, -0.15) is 4.31 Å². The third-order valence-corrected chi connectivity index (χ3v) is 6.23. The standard InChI is InChI=1S/C14H20BrNO3S/c1-3-19-13-9-11(2)12(15)10-14(13)20(17,18)16-7-5-4-6-8-16/h9-10H,3-8H2,1-2H3. The maximum atomic E-state index is 12.8. The largest absolute Gasteiger partial charge is 0.492 e. The number of rotatable bonds is 4. The van der Waals surface area contributed by atoms with Crippen molar-refractivity contribution >= 4 is 26.0 Å². The summed E-state index contributed by atoms with van der Waals surface area (Å²) in [7, 11) is -3.48. The van der Waals surface area contributed by atoms with Crippen LogP contribution in [0.15, 0.2) is 21.5 Å². The van der Waals surface area contributed by atoms with Crippen LogP contribution in [0, 0.1) is 6.92 Å². The highest BCUT2D eigenvalue weighted by Gasteiger charge is 2.29. The predicted octanol–water partition coefficient (Wildman–Crippen LogP) is 3.33. The van der Waals surface area contributed by atoms with Gasteiger partial charge in [-0.1, -0.05) is 22.4 Å². The van der Waals surface area contributed by atoms with Gasteiger partial charge in [-0.25, -0.2) is 8.42 Å². The van der Waals surface area contributed by atoms with Crippen molar-refractivity contribution in [2.24, 2.45) is 0 Å². The topological polar surface area (TPSA) is 46.6 Å². The number of nitrogens with zero attached hydrogens (tertiary/aromatic N) is 1. The van der Waals surface area contributed by atoms with E-state index >= 15 is 0 Å². The van der Waals surface area contributed by atoms with Gasteiger partial charge in [0.05, 0.1) is 6.61 Å². The number of ether oxygens (including phenoxy) is 1. The van der Waals surface area contributed by atoms with Gasteiger partial charge in [-0.3, -0.25) is 0 Å². The zero-order valence-corrected chi connectivity index (χ0v) is 14.3. The molecule has 1 aliphatic rings. The summed E-state index contributed by atoms with van der Waals surface area (Å²) in [5, 5.41) is 0. The van der Waals surface area contributed by atoms with Crippen LogP contribution in [0.2, 0.25) is 0 Å². The minimum absolute atomic E-state index is 0.263. The minimum atomic E-state index is -3.48. The van der Waals surface area contributed by atoms with Crippen molar-refractivity contribution in [2.75, 3.05) is 19.7 Å². The Labute approximate surface area is 129 Å². The van der Waals surface area contributed by atoms with Crippen LogP contribution >= 0.6 is 15.9 Å². The summed E-state index contributed by atoms with van der Waals surface area (Å²) < 4.78 is 33.4. The highest BCUT2D eigenvalue weighted by Crippen LogP contribution is 2.33. The Morgan fingerprint density at radius 3 is 2.50 bits per heavy atom. The number of sulfonamides is 1. The summed E-state index contributed by atoms with van der Waals surface area (Å²) in [5.41, 5.74) is 0.964. The lowest BCUT2D eigenvalue weighted by atomic mass is 10.2. The van der Waals surface area contributed by atoms with Crippen LogP contribution in [0.5, 0.6) is 5.75 Å². The lowest BCUT2D eigenvalue weighted by molar-refractivity contribution is 0.322. The molecule has 0 unspecified atom stereocenters. The summed E-state index contributed by atoms with van der Waals surface area (Å²) in [6, 6.07) is 3.44. The van der Waals surface area contributed by atoms with Gasteiger partial charge in [0.1, 0.15) is 10.6 Å². The molecule has 112 valence electrons. The molecule has 1 heterocycles. The van der Waals surface area contributed by atoms with Gasteiger partial charge >= 0.3 is 0 Å². The molecular formula is C14H20BrNO3S. The SMILES string of the molecule is CCOc1cc(C)c(Br)cc1S(=O)(=O)N1CCCCC1. The van der Waals surface area contributed by atoms with E-state index in [9.17, 15) is 8.42 Å². The second-order valence-electron chi connectivity index (χ2n) is 4.95. The Bertz CT molecular complexity index is 580. The molecule has 0 N–H and O–H groups in total. The van der Waals surface area contributed by atoms with Gasteiger partial charge in [0, 0.05) is 17.6 Å². The minimum Gasteiger partial charge on any atom is -0.492 e. The third kappa shape index (κ3) is 3.18. The van der Waals surface area contributed by atoms with Crippen LogP contribution < -0.4 is 4.74 Å². The molecule has 0 aromatic heterocycles. The van der Waals surface area contributed by atoms with Gasteiger partial charge in [0.15, 0.2) is 0 Å². The van der Waals surface area contributed by atoms with E-state index in [1.54, 1.807) is 16.4 Å². The molecule has 1 aromatic carbocycles. The monoisotopic (exact) mass is 361 g/mol. The van der Waals surface area contributed by atoms with E-state index in [1.165, 1.54) is 0 Å². The molecule has 0 atom stereocenters. The molecule has 20 heavy (non-hydrogen) atoms. The van der Waals surface area contributed by atoms with Crippen molar-refractivity contribution in [3.8, 4) is 5.75 Å². The first kappa shape index (κ1) is 15.8. The molecule has 6 heteroatoms.